The van der Waals surface area contributed by atoms with E-state index in [0.717, 1.165) is 16.7 Å². The lowest BCUT2D eigenvalue weighted by molar-refractivity contribution is -0.151. The molecule has 0 saturated heterocycles. The smallest absolute Gasteiger partial charge is 0.310 e. The lowest BCUT2D eigenvalue weighted by atomic mass is 9.79. The molecule has 140 valence electrons. The molecule has 2 N–H and O–H groups in total. The second-order valence-corrected chi connectivity index (χ2v) is 6.67. The van der Waals surface area contributed by atoms with Gasteiger partial charge in [-0.3, -0.25) is 14.2 Å². The third-order valence-electron chi connectivity index (χ3n) is 5.19. The monoisotopic (exact) mass is 365 g/mol. The van der Waals surface area contributed by atoms with E-state index in [1.165, 1.54) is 0 Å². The number of imidazole rings is 1. The van der Waals surface area contributed by atoms with E-state index in [4.69, 9.17) is 0 Å². The standard InChI is InChI=1S/C21H23N3O3/c1-3-21(4-2,20(26)27)13-19(25)23-15-9-11-16(12-10-15)24-14-22-17-7-5-6-8-18(17)24/h5-12,14H,3-4,13H2,1-2H3,(H,23,25)(H,26,27). The van der Waals surface area contributed by atoms with Gasteiger partial charge in [0.1, 0.15) is 6.33 Å². The Morgan fingerprint density at radius 3 is 2.37 bits per heavy atom. The highest BCUT2D eigenvalue weighted by Gasteiger charge is 2.37. The first-order valence-electron chi connectivity index (χ1n) is 9.05. The number of para-hydroxylation sites is 2. The summed E-state index contributed by atoms with van der Waals surface area (Å²) in [6.07, 6.45) is 2.56. The number of carbonyl (C=O) groups is 2. The number of anilines is 1. The molecular weight excluding hydrogens is 342 g/mol. The van der Waals surface area contributed by atoms with E-state index in [9.17, 15) is 14.7 Å². The third kappa shape index (κ3) is 3.69. The van der Waals surface area contributed by atoms with Gasteiger partial charge < -0.3 is 10.4 Å². The number of carbonyl (C=O) groups excluding carboxylic acids is 1. The second kappa shape index (κ2) is 7.61. The van der Waals surface area contributed by atoms with Crippen LogP contribution in [0, 0.1) is 5.41 Å². The van der Waals surface area contributed by atoms with Gasteiger partial charge in [0.05, 0.1) is 16.4 Å². The SMILES string of the molecule is CCC(CC)(CC(=O)Nc1ccc(-n2cnc3ccccc32)cc1)C(=O)O. The Morgan fingerprint density at radius 1 is 1.07 bits per heavy atom. The first kappa shape index (κ1) is 18.6. The Hall–Kier alpha value is -3.15. The van der Waals surface area contributed by atoms with Crippen molar-refractivity contribution in [3.8, 4) is 5.69 Å². The molecular formula is C21H23N3O3. The molecule has 1 aromatic heterocycles. The predicted molar refractivity (Wildman–Crippen MR) is 105 cm³/mol. The van der Waals surface area contributed by atoms with Crippen LogP contribution in [0.1, 0.15) is 33.1 Å². The molecule has 0 spiro atoms. The van der Waals surface area contributed by atoms with Crippen molar-refractivity contribution >= 4 is 28.6 Å². The molecule has 2 aromatic carbocycles. The number of hydrogen-bond donors (Lipinski definition) is 2. The van der Waals surface area contributed by atoms with Crippen LogP contribution in [0.25, 0.3) is 16.7 Å². The fourth-order valence-electron chi connectivity index (χ4n) is 3.26. The van der Waals surface area contributed by atoms with Crippen molar-refractivity contribution < 1.29 is 14.7 Å². The molecule has 6 nitrogen and oxygen atoms in total. The summed E-state index contributed by atoms with van der Waals surface area (Å²) >= 11 is 0. The minimum absolute atomic E-state index is 0.0384. The van der Waals surface area contributed by atoms with Gasteiger partial charge in [-0.25, -0.2) is 4.98 Å². The van der Waals surface area contributed by atoms with Crippen molar-refractivity contribution in [2.75, 3.05) is 5.32 Å². The van der Waals surface area contributed by atoms with Gasteiger partial charge in [0.25, 0.3) is 0 Å². The van der Waals surface area contributed by atoms with Crippen molar-refractivity contribution in [1.29, 1.82) is 0 Å². The second-order valence-electron chi connectivity index (χ2n) is 6.67. The molecule has 0 aliphatic carbocycles. The fraction of sp³-hybridized carbons (Fsp3) is 0.286. The minimum atomic E-state index is -1.01. The van der Waals surface area contributed by atoms with Crippen LogP contribution in [0.3, 0.4) is 0 Å². The zero-order chi connectivity index (χ0) is 19.4. The first-order valence-corrected chi connectivity index (χ1v) is 9.05. The average Bonchev–Trinajstić information content (AvgIpc) is 3.10. The summed E-state index contributed by atoms with van der Waals surface area (Å²) in [6, 6.07) is 15.3. The number of aromatic nitrogens is 2. The maximum Gasteiger partial charge on any atom is 0.310 e. The van der Waals surface area contributed by atoms with Gasteiger partial charge in [-0.1, -0.05) is 26.0 Å². The van der Waals surface area contributed by atoms with E-state index in [0.29, 0.717) is 18.5 Å². The Balaban J connectivity index is 1.74. The Morgan fingerprint density at radius 2 is 1.74 bits per heavy atom. The number of rotatable bonds is 7. The molecule has 0 aliphatic heterocycles. The average molecular weight is 365 g/mol. The number of benzene rings is 2. The lowest BCUT2D eigenvalue weighted by Gasteiger charge is -2.25. The minimum Gasteiger partial charge on any atom is -0.481 e. The summed E-state index contributed by atoms with van der Waals surface area (Å²) in [5.41, 5.74) is 2.48. The molecule has 0 saturated carbocycles. The highest BCUT2D eigenvalue weighted by Crippen LogP contribution is 2.31. The van der Waals surface area contributed by atoms with Crippen LogP contribution >= 0.6 is 0 Å². The van der Waals surface area contributed by atoms with E-state index in [1.807, 2.05) is 53.1 Å². The zero-order valence-corrected chi connectivity index (χ0v) is 15.5. The van der Waals surface area contributed by atoms with Crippen LogP contribution in [0.5, 0.6) is 0 Å². The Labute approximate surface area is 157 Å². The van der Waals surface area contributed by atoms with Crippen LogP contribution in [0.4, 0.5) is 5.69 Å². The van der Waals surface area contributed by atoms with Crippen molar-refractivity contribution in [3.63, 3.8) is 0 Å². The van der Waals surface area contributed by atoms with Gasteiger partial charge in [-0.2, -0.15) is 0 Å². The molecule has 0 radical (unpaired) electrons. The van der Waals surface area contributed by atoms with Crippen LogP contribution in [-0.4, -0.2) is 26.5 Å². The third-order valence-corrected chi connectivity index (χ3v) is 5.19. The van der Waals surface area contributed by atoms with E-state index in [2.05, 4.69) is 10.3 Å². The lowest BCUT2D eigenvalue weighted by Crippen LogP contribution is -2.34. The number of amides is 1. The molecule has 3 rings (SSSR count). The fourth-order valence-corrected chi connectivity index (χ4v) is 3.26. The van der Waals surface area contributed by atoms with Gasteiger partial charge in [0.15, 0.2) is 0 Å². The summed E-state index contributed by atoms with van der Waals surface area (Å²) in [4.78, 5) is 28.3. The summed E-state index contributed by atoms with van der Waals surface area (Å²) in [5, 5.41) is 12.3. The molecule has 0 fully saturated rings. The summed E-state index contributed by atoms with van der Waals surface area (Å²) < 4.78 is 1.98. The van der Waals surface area contributed by atoms with E-state index >= 15 is 0 Å². The molecule has 0 aliphatic rings. The molecule has 27 heavy (non-hydrogen) atoms. The van der Waals surface area contributed by atoms with Gasteiger partial charge in [-0.05, 0) is 49.2 Å². The quantitative estimate of drug-likeness (QED) is 0.656. The molecule has 0 bridgehead atoms. The normalized spacial score (nSPS) is 11.5. The largest absolute Gasteiger partial charge is 0.481 e. The molecule has 1 heterocycles. The van der Waals surface area contributed by atoms with Gasteiger partial charge in [0, 0.05) is 17.8 Å². The topological polar surface area (TPSA) is 84.2 Å². The number of nitrogens with zero attached hydrogens (tertiary/aromatic N) is 2. The molecule has 6 heteroatoms. The number of carboxylic acids is 1. The van der Waals surface area contributed by atoms with E-state index in [1.54, 1.807) is 20.2 Å². The summed E-state index contributed by atoms with van der Waals surface area (Å²) in [7, 11) is 0. The van der Waals surface area contributed by atoms with Crippen molar-refractivity contribution in [2.24, 2.45) is 5.41 Å². The van der Waals surface area contributed by atoms with Gasteiger partial charge in [0.2, 0.25) is 5.91 Å². The van der Waals surface area contributed by atoms with Crippen molar-refractivity contribution in [1.82, 2.24) is 9.55 Å². The zero-order valence-electron chi connectivity index (χ0n) is 15.5. The Bertz CT molecular complexity index is 956. The van der Waals surface area contributed by atoms with Crippen molar-refractivity contribution in [3.05, 3.63) is 54.9 Å². The molecule has 1 amide bonds. The highest BCUT2D eigenvalue weighted by molar-refractivity contribution is 5.94. The summed E-state index contributed by atoms with van der Waals surface area (Å²) in [5.74, 6) is -1.22. The molecule has 3 aromatic rings. The maximum absolute atomic E-state index is 12.3. The molecule has 0 unspecified atom stereocenters. The van der Waals surface area contributed by atoms with E-state index in [-0.39, 0.29) is 12.3 Å². The van der Waals surface area contributed by atoms with Crippen LogP contribution in [0.15, 0.2) is 54.9 Å². The highest BCUT2D eigenvalue weighted by atomic mass is 16.4. The van der Waals surface area contributed by atoms with Crippen LogP contribution in [-0.2, 0) is 9.59 Å². The van der Waals surface area contributed by atoms with Crippen LogP contribution < -0.4 is 5.32 Å². The number of fused-ring (bicyclic) bond motifs is 1. The van der Waals surface area contributed by atoms with Gasteiger partial charge in [-0.15, -0.1) is 0 Å². The number of carboxylic acid groups (broad SMARTS) is 1. The molecule has 0 atom stereocenters. The summed E-state index contributed by atoms with van der Waals surface area (Å²) in [6.45, 7) is 3.60. The van der Waals surface area contributed by atoms with Crippen LogP contribution in [0.2, 0.25) is 0 Å². The first-order chi connectivity index (χ1) is 13.0. The number of hydrogen-bond acceptors (Lipinski definition) is 3. The number of aliphatic carboxylic acids is 1. The van der Waals surface area contributed by atoms with E-state index < -0.39 is 11.4 Å². The van der Waals surface area contributed by atoms with Gasteiger partial charge >= 0.3 is 5.97 Å². The van der Waals surface area contributed by atoms with Crippen molar-refractivity contribution in [2.45, 2.75) is 33.1 Å². The number of nitrogens with one attached hydrogen (secondary N) is 1. The maximum atomic E-state index is 12.3. The predicted octanol–water partition coefficient (Wildman–Crippen LogP) is 4.25. The Kier molecular flexibility index (Phi) is 5.26.